The van der Waals surface area contributed by atoms with Crippen LogP contribution in [0.1, 0.15) is 41.9 Å². The highest BCUT2D eigenvalue weighted by molar-refractivity contribution is 5.83. The summed E-state index contributed by atoms with van der Waals surface area (Å²) in [5.74, 6) is 0.695. The van der Waals surface area contributed by atoms with Gasteiger partial charge in [0.1, 0.15) is 11.5 Å². The van der Waals surface area contributed by atoms with Crippen molar-refractivity contribution in [3.63, 3.8) is 0 Å². The molecule has 0 amide bonds. The van der Waals surface area contributed by atoms with Gasteiger partial charge in [0.2, 0.25) is 0 Å². The number of benzene rings is 1. The van der Waals surface area contributed by atoms with Gasteiger partial charge in [-0.2, -0.15) is 5.10 Å². The maximum absolute atomic E-state index is 11.1. The largest absolute Gasteiger partial charge is 0.507 e. The topological polar surface area (TPSA) is 73.6 Å². The van der Waals surface area contributed by atoms with Gasteiger partial charge in [-0.05, 0) is 32.0 Å². The van der Waals surface area contributed by atoms with E-state index in [1.807, 2.05) is 16.9 Å². The average molecular weight is 330 g/mol. The molecule has 0 bridgehead atoms. The highest BCUT2D eigenvalue weighted by atomic mass is 16.5. The minimum Gasteiger partial charge on any atom is -0.507 e. The third-order valence-electron chi connectivity index (χ3n) is 4.38. The number of phenolic OH excluding ortho intramolecular Hbond substituents is 1. The summed E-state index contributed by atoms with van der Waals surface area (Å²) in [4.78, 5) is 11.1. The molecular weight excluding hydrogens is 308 g/mol. The molecule has 3 rings (SSSR count). The molecule has 0 spiro atoms. The maximum Gasteiger partial charge on any atom is 0.157 e. The smallest absolute Gasteiger partial charge is 0.157 e. The van der Waals surface area contributed by atoms with E-state index in [4.69, 9.17) is 9.47 Å². The number of ether oxygens (including phenoxy) is 2. The lowest BCUT2D eigenvalue weighted by atomic mass is 9.93. The SMILES string of the molecule is CC(C)n1nccc1[C@H]1COCC1COc1cccc(O)c1C=O. The van der Waals surface area contributed by atoms with Crippen molar-refractivity contribution < 1.29 is 19.4 Å². The van der Waals surface area contributed by atoms with Crippen LogP contribution in [0.15, 0.2) is 30.5 Å². The number of aromatic hydroxyl groups is 1. The van der Waals surface area contributed by atoms with Crippen molar-refractivity contribution in [1.29, 1.82) is 0 Å². The summed E-state index contributed by atoms with van der Waals surface area (Å²) in [5.41, 5.74) is 1.32. The second kappa shape index (κ2) is 7.05. The number of hydrogen-bond donors (Lipinski definition) is 1. The Balaban J connectivity index is 1.74. The molecule has 0 radical (unpaired) electrons. The molecule has 6 heteroatoms. The van der Waals surface area contributed by atoms with Gasteiger partial charge in [0.25, 0.3) is 0 Å². The van der Waals surface area contributed by atoms with Gasteiger partial charge in [-0.25, -0.2) is 0 Å². The molecule has 1 N–H and O–H groups in total. The van der Waals surface area contributed by atoms with E-state index in [0.717, 1.165) is 5.69 Å². The summed E-state index contributed by atoms with van der Waals surface area (Å²) < 4.78 is 13.5. The van der Waals surface area contributed by atoms with Gasteiger partial charge < -0.3 is 14.6 Å². The number of carbonyl (C=O) groups is 1. The standard InChI is InChI=1S/C18H22N2O4/c1-12(2)20-16(6-7-19-20)15-11-23-9-13(15)10-24-18-5-3-4-17(22)14(18)8-21/h3-8,12-13,15,22H,9-11H2,1-2H3/t13?,15-/m0/s1. The molecule has 1 aliphatic rings. The number of rotatable bonds is 6. The summed E-state index contributed by atoms with van der Waals surface area (Å²) >= 11 is 0. The fraction of sp³-hybridized carbons (Fsp3) is 0.444. The highest BCUT2D eigenvalue weighted by Crippen LogP contribution is 2.33. The lowest BCUT2D eigenvalue weighted by molar-refractivity contribution is 0.111. The van der Waals surface area contributed by atoms with Crippen LogP contribution in [0.25, 0.3) is 0 Å². The Bertz CT molecular complexity index is 711. The van der Waals surface area contributed by atoms with E-state index in [1.54, 1.807) is 12.1 Å². The fourth-order valence-electron chi connectivity index (χ4n) is 3.11. The van der Waals surface area contributed by atoms with Crippen molar-refractivity contribution in [2.75, 3.05) is 19.8 Å². The molecule has 1 aromatic carbocycles. The van der Waals surface area contributed by atoms with Gasteiger partial charge >= 0.3 is 0 Å². The Labute approximate surface area is 141 Å². The molecule has 0 saturated carbocycles. The number of nitrogens with zero attached hydrogens (tertiary/aromatic N) is 2. The second-order valence-electron chi connectivity index (χ2n) is 6.32. The van der Waals surface area contributed by atoms with E-state index in [1.165, 1.54) is 6.07 Å². The Kier molecular flexibility index (Phi) is 4.85. The van der Waals surface area contributed by atoms with Crippen molar-refractivity contribution in [1.82, 2.24) is 9.78 Å². The third kappa shape index (κ3) is 3.14. The molecule has 1 unspecified atom stereocenters. The first-order valence-corrected chi connectivity index (χ1v) is 8.13. The molecule has 1 aliphatic heterocycles. The van der Waals surface area contributed by atoms with Gasteiger partial charge in [0.15, 0.2) is 6.29 Å². The van der Waals surface area contributed by atoms with Crippen LogP contribution in [0.4, 0.5) is 0 Å². The first kappa shape index (κ1) is 16.5. The van der Waals surface area contributed by atoms with E-state index in [-0.39, 0.29) is 29.2 Å². The quantitative estimate of drug-likeness (QED) is 0.825. The lowest BCUT2D eigenvalue weighted by Crippen LogP contribution is -2.22. The van der Waals surface area contributed by atoms with E-state index in [2.05, 4.69) is 18.9 Å². The van der Waals surface area contributed by atoms with Gasteiger partial charge in [-0.15, -0.1) is 0 Å². The normalized spacial score (nSPS) is 20.5. The molecule has 2 heterocycles. The van der Waals surface area contributed by atoms with Crippen molar-refractivity contribution in [3.8, 4) is 11.5 Å². The molecule has 24 heavy (non-hydrogen) atoms. The fourth-order valence-corrected chi connectivity index (χ4v) is 3.11. The van der Waals surface area contributed by atoms with Gasteiger partial charge in [-0.3, -0.25) is 9.48 Å². The number of phenols is 1. The first-order chi connectivity index (χ1) is 11.6. The average Bonchev–Trinajstić information content (AvgIpc) is 3.21. The van der Waals surface area contributed by atoms with Crippen LogP contribution in [-0.4, -0.2) is 41.0 Å². The Morgan fingerprint density at radius 2 is 2.25 bits per heavy atom. The molecule has 6 nitrogen and oxygen atoms in total. The van der Waals surface area contributed by atoms with E-state index in [9.17, 15) is 9.90 Å². The highest BCUT2D eigenvalue weighted by Gasteiger charge is 2.33. The van der Waals surface area contributed by atoms with E-state index in [0.29, 0.717) is 31.9 Å². The summed E-state index contributed by atoms with van der Waals surface area (Å²) in [6, 6.07) is 7.13. The number of hydrogen-bond acceptors (Lipinski definition) is 5. The zero-order valence-electron chi connectivity index (χ0n) is 13.9. The van der Waals surface area contributed by atoms with Crippen molar-refractivity contribution >= 4 is 6.29 Å². The van der Waals surface area contributed by atoms with Crippen LogP contribution >= 0.6 is 0 Å². The van der Waals surface area contributed by atoms with Gasteiger partial charge in [0.05, 0.1) is 25.4 Å². The Morgan fingerprint density at radius 3 is 3.00 bits per heavy atom. The molecule has 0 aliphatic carbocycles. The van der Waals surface area contributed by atoms with Crippen molar-refractivity contribution in [2.24, 2.45) is 5.92 Å². The summed E-state index contributed by atoms with van der Waals surface area (Å²) in [6.45, 7) is 5.84. The zero-order valence-corrected chi connectivity index (χ0v) is 13.9. The predicted molar refractivity (Wildman–Crippen MR) is 88.7 cm³/mol. The van der Waals surface area contributed by atoms with E-state index < -0.39 is 0 Å². The molecule has 1 saturated heterocycles. The Morgan fingerprint density at radius 1 is 1.42 bits per heavy atom. The van der Waals surface area contributed by atoms with E-state index >= 15 is 0 Å². The molecule has 2 aromatic rings. The molecule has 128 valence electrons. The first-order valence-electron chi connectivity index (χ1n) is 8.13. The second-order valence-corrected chi connectivity index (χ2v) is 6.32. The van der Waals surface area contributed by atoms with Gasteiger partial charge in [-0.1, -0.05) is 6.07 Å². The van der Waals surface area contributed by atoms with Crippen LogP contribution in [0.2, 0.25) is 0 Å². The minimum atomic E-state index is -0.0698. The summed E-state index contributed by atoms with van der Waals surface area (Å²) in [7, 11) is 0. The van der Waals surface area contributed by atoms with Crippen LogP contribution in [0.3, 0.4) is 0 Å². The zero-order chi connectivity index (χ0) is 17.1. The number of aldehydes is 1. The maximum atomic E-state index is 11.1. The third-order valence-corrected chi connectivity index (χ3v) is 4.38. The summed E-state index contributed by atoms with van der Waals surface area (Å²) in [5, 5.41) is 14.1. The van der Waals surface area contributed by atoms with Crippen LogP contribution in [0.5, 0.6) is 11.5 Å². The number of carbonyl (C=O) groups excluding carboxylic acids is 1. The monoisotopic (exact) mass is 330 g/mol. The molecular formula is C18H22N2O4. The lowest BCUT2D eigenvalue weighted by Gasteiger charge is -2.21. The van der Waals surface area contributed by atoms with Crippen LogP contribution in [0, 0.1) is 5.92 Å². The van der Waals surface area contributed by atoms with Crippen molar-refractivity contribution in [2.45, 2.75) is 25.8 Å². The Hall–Kier alpha value is -2.34. The minimum absolute atomic E-state index is 0.0698. The number of aromatic nitrogens is 2. The van der Waals surface area contributed by atoms with Crippen LogP contribution in [-0.2, 0) is 4.74 Å². The molecule has 1 fully saturated rings. The molecule has 1 aromatic heterocycles. The summed E-state index contributed by atoms with van der Waals surface area (Å²) in [6.07, 6.45) is 2.42. The predicted octanol–water partition coefficient (Wildman–Crippen LogP) is 2.79. The van der Waals surface area contributed by atoms with Crippen LogP contribution < -0.4 is 4.74 Å². The molecule has 2 atom stereocenters. The van der Waals surface area contributed by atoms with Crippen molar-refractivity contribution in [3.05, 3.63) is 41.7 Å². The van der Waals surface area contributed by atoms with Gasteiger partial charge in [0, 0.05) is 29.8 Å².